The second kappa shape index (κ2) is 3.83. The highest BCUT2D eigenvalue weighted by Crippen LogP contribution is 2.34. The van der Waals surface area contributed by atoms with Gasteiger partial charge in [0.15, 0.2) is 0 Å². The highest BCUT2D eigenvalue weighted by Gasteiger charge is 2.32. The van der Waals surface area contributed by atoms with Crippen molar-refractivity contribution in [3.05, 3.63) is 47.5 Å². The van der Waals surface area contributed by atoms with Crippen LogP contribution in [0.25, 0.3) is 10.8 Å². The van der Waals surface area contributed by atoms with E-state index in [4.69, 9.17) is 5.11 Å². The summed E-state index contributed by atoms with van der Waals surface area (Å²) in [5, 5.41) is 10.0. The maximum Gasteiger partial charge on any atom is 0.296 e. The second-order valence-electron chi connectivity index (χ2n) is 3.84. The number of aliphatic hydroxyl groups is 1. The van der Waals surface area contributed by atoms with Gasteiger partial charge in [0.25, 0.3) is 5.92 Å². The van der Waals surface area contributed by atoms with Crippen molar-refractivity contribution in [2.45, 2.75) is 12.8 Å². The summed E-state index contributed by atoms with van der Waals surface area (Å²) in [6.45, 7) is 0.712. The van der Waals surface area contributed by atoms with Crippen LogP contribution in [0.3, 0.4) is 0 Å². The minimum atomic E-state index is -3.19. The second-order valence-corrected chi connectivity index (χ2v) is 3.84. The molecule has 0 radical (unpaired) electrons. The van der Waals surface area contributed by atoms with E-state index in [-0.39, 0.29) is 5.56 Å². The molecular formula is C13H12F2O. The van der Waals surface area contributed by atoms with Gasteiger partial charge in [0, 0.05) is 5.56 Å². The Morgan fingerprint density at radius 3 is 2.31 bits per heavy atom. The lowest BCUT2D eigenvalue weighted by molar-refractivity contribution is -0.0543. The Labute approximate surface area is 92.3 Å². The number of benzene rings is 2. The van der Waals surface area contributed by atoms with E-state index in [1.165, 1.54) is 6.07 Å². The number of aliphatic hydroxyl groups excluding tert-OH is 1. The van der Waals surface area contributed by atoms with Crippen LogP contribution >= 0.6 is 0 Å². The van der Waals surface area contributed by atoms with Gasteiger partial charge in [-0.2, -0.15) is 8.78 Å². The van der Waals surface area contributed by atoms with Gasteiger partial charge in [-0.05, 0) is 23.3 Å². The van der Waals surface area contributed by atoms with Gasteiger partial charge < -0.3 is 5.11 Å². The van der Waals surface area contributed by atoms with Gasteiger partial charge in [0.1, 0.15) is 6.61 Å². The third-order valence-electron chi connectivity index (χ3n) is 2.73. The molecule has 0 fully saturated rings. The average molecular weight is 222 g/mol. The molecule has 0 unspecified atom stereocenters. The topological polar surface area (TPSA) is 20.2 Å². The summed E-state index contributed by atoms with van der Waals surface area (Å²) in [7, 11) is 0. The van der Waals surface area contributed by atoms with E-state index in [0.29, 0.717) is 5.39 Å². The molecule has 0 aliphatic rings. The number of hydrogen-bond acceptors (Lipinski definition) is 1. The summed E-state index contributed by atoms with van der Waals surface area (Å²) < 4.78 is 27.0. The molecule has 2 rings (SSSR count). The predicted octanol–water partition coefficient (Wildman–Crippen LogP) is 3.23. The molecule has 0 aliphatic carbocycles. The quantitative estimate of drug-likeness (QED) is 0.827. The van der Waals surface area contributed by atoms with Crippen LogP contribution in [0.1, 0.15) is 11.1 Å². The Balaban J connectivity index is 2.77. The van der Waals surface area contributed by atoms with Gasteiger partial charge >= 0.3 is 0 Å². The Kier molecular flexibility index (Phi) is 2.64. The van der Waals surface area contributed by atoms with Crippen LogP contribution in [0.15, 0.2) is 36.4 Å². The standard InChI is InChI=1S/C13H12F2O/c1-9-6-7-12(13(14,15)8-16)11-5-3-2-4-10(9)11/h2-7,16H,8H2,1H3. The maximum absolute atomic E-state index is 13.5. The Bertz CT molecular complexity index is 520. The van der Waals surface area contributed by atoms with Crippen LogP contribution in [-0.4, -0.2) is 11.7 Å². The first-order valence-electron chi connectivity index (χ1n) is 5.04. The molecule has 1 nitrogen and oxygen atoms in total. The van der Waals surface area contributed by atoms with Crippen LogP contribution in [0.5, 0.6) is 0 Å². The fraction of sp³-hybridized carbons (Fsp3) is 0.231. The van der Waals surface area contributed by atoms with Crippen molar-refractivity contribution in [2.75, 3.05) is 6.61 Å². The molecule has 0 bridgehead atoms. The fourth-order valence-corrected chi connectivity index (χ4v) is 1.85. The molecule has 0 atom stereocenters. The van der Waals surface area contributed by atoms with Crippen molar-refractivity contribution in [3.8, 4) is 0 Å². The highest BCUT2D eigenvalue weighted by atomic mass is 19.3. The largest absolute Gasteiger partial charge is 0.390 e. The first-order chi connectivity index (χ1) is 7.56. The highest BCUT2D eigenvalue weighted by molar-refractivity contribution is 5.89. The Morgan fingerprint density at radius 1 is 1.06 bits per heavy atom. The number of rotatable bonds is 2. The van der Waals surface area contributed by atoms with E-state index in [2.05, 4.69) is 0 Å². The van der Waals surface area contributed by atoms with E-state index in [9.17, 15) is 8.78 Å². The lowest BCUT2D eigenvalue weighted by Crippen LogP contribution is -2.18. The Hall–Kier alpha value is -1.48. The normalized spacial score (nSPS) is 12.0. The van der Waals surface area contributed by atoms with Crippen molar-refractivity contribution in [1.29, 1.82) is 0 Å². The van der Waals surface area contributed by atoms with Crippen LogP contribution in [-0.2, 0) is 5.92 Å². The molecule has 0 spiro atoms. The lowest BCUT2D eigenvalue weighted by Gasteiger charge is -2.17. The van der Waals surface area contributed by atoms with Crippen molar-refractivity contribution in [2.24, 2.45) is 0 Å². The smallest absolute Gasteiger partial charge is 0.296 e. The predicted molar refractivity (Wildman–Crippen MR) is 59.7 cm³/mol. The summed E-state index contributed by atoms with van der Waals surface area (Å²) in [6, 6.07) is 10.0. The molecule has 2 aromatic rings. The van der Waals surface area contributed by atoms with Gasteiger partial charge in [-0.15, -0.1) is 0 Å². The summed E-state index contributed by atoms with van der Waals surface area (Å²) in [5.74, 6) is -3.19. The van der Waals surface area contributed by atoms with Crippen molar-refractivity contribution in [3.63, 3.8) is 0 Å². The van der Waals surface area contributed by atoms with Gasteiger partial charge in [0.2, 0.25) is 0 Å². The van der Waals surface area contributed by atoms with E-state index in [0.717, 1.165) is 10.9 Å². The summed E-state index contributed by atoms with van der Waals surface area (Å²) >= 11 is 0. The van der Waals surface area contributed by atoms with Crippen LogP contribution in [0.4, 0.5) is 8.78 Å². The zero-order valence-electron chi connectivity index (χ0n) is 8.87. The van der Waals surface area contributed by atoms with Crippen molar-refractivity contribution >= 4 is 10.8 Å². The molecule has 16 heavy (non-hydrogen) atoms. The zero-order chi connectivity index (χ0) is 11.8. The molecule has 0 aliphatic heterocycles. The third kappa shape index (κ3) is 1.67. The molecule has 0 aromatic heterocycles. The van der Waals surface area contributed by atoms with Gasteiger partial charge in [-0.3, -0.25) is 0 Å². The van der Waals surface area contributed by atoms with Crippen molar-refractivity contribution < 1.29 is 13.9 Å². The monoisotopic (exact) mass is 222 g/mol. The third-order valence-corrected chi connectivity index (χ3v) is 2.73. The molecule has 0 heterocycles. The summed E-state index contributed by atoms with van der Waals surface area (Å²) in [6.07, 6.45) is 0. The minimum Gasteiger partial charge on any atom is -0.390 e. The molecule has 0 amide bonds. The lowest BCUT2D eigenvalue weighted by atomic mass is 9.97. The minimum absolute atomic E-state index is 0.115. The number of alkyl halides is 2. The number of halogens is 2. The number of aryl methyl sites for hydroxylation is 1. The van der Waals surface area contributed by atoms with Gasteiger partial charge in [-0.1, -0.05) is 36.4 Å². The molecule has 0 saturated carbocycles. The fourth-order valence-electron chi connectivity index (χ4n) is 1.85. The number of hydrogen-bond donors (Lipinski definition) is 1. The van der Waals surface area contributed by atoms with E-state index in [1.807, 2.05) is 19.1 Å². The summed E-state index contributed by atoms with van der Waals surface area (Å²) in [5.41, 5.74) is 0.837. The summed E-state index contributed by atoms with van der Waals surface area (Å²) in [4.78, 5) is 0. The first-order valence-corrected chi connectivity index (χ1v) is 5.04. The van der Waals surface area contributed by atoms with Gasteiger partial charge in [-0.25, -0.2) is 0 Å². The van der Waals surface area contributed by atoms with E-state index < -0.39 is 12.5 Å². The molecule has 2 aromatic carbocycles. The average Bonchev–Trinajstić information content (AvgIpc) is 2.29. The maximum atomic E-state index is 13.5. The van der Waals surface area contributed by atoms with E-state index >= 15 is 0 Å². The molecule has 84 valence electrons. The molecule has 3 heteroatoms. The number of fused-ring (bicyclic) bond motifs is 1. The molecule has 0 saturated heterocycles. The Morgan fingerprint density at radius 2 is 1.69 bits per heavy atom. The van der Waals surface area contributed by atoms with Gasteiger partial charge in [0.05, 0.1) is 0 Å². The van der Waals surface area contributed by atoms with Crippen molar-refractivity contribution in [1.82, 2.24) is 0 Å². The first kappa shape index (κ1) is 11.0. The van der Waals surface area contributed by atoms with Crippen LogP contribution in [0, 0.1) is 6.92 Å². The molecule has 1 N–H and O–H groups in total. The van der Waals surface area contributed by atoms with E-state index in [1.54, 1.807) is 18.2 Å². The SMILES string of the molecule is Cc1ccc(C(F)(F)CO)c2ccccc12. The zero-order valence-corrected chi connectivity index (χ0v) is 8.87. The van der Waals surface area contributed by atoms with Crippen LogP contribution in [0.2, 0.25) is 0 Å². The molecular weight excluding hydrogens is 210 g/mol. The van der Waals surface area contributed by atoms with Crippen LogP contribution < -0.4 is 0 Å².